The van der Waals surface area contributed by atoms with E-state index in [0.717, 1.165) is 37.4 Å². The Morgan fingerprint density at radius 1 is 1.41 bits per heavy atom. The minimum atomic E-state index is -0.267. The van der Waals surface area contributed by atoms with Crippen LogP contribution in [0.4, 0.5) is 0 Å². The Hall–Kier alpha value is -2.30. The summed E-state index contributed by atoms with van der Waals surface area (Å²) in [5, 5.41) is 9.75. The Labute approximate surface area is 162 Å². The molecular weight excluding hydrogens is 362 g/mol. The number of rotatable bonds is 6. The maximum Gasteiger partial charge on any atom is 0.249 e. The maximum absolute atomic E-state index is 12.8. The molecule has 27 heavy (non-hydrogen) atoms. The first-order valence-corrected chi connectivity index (χ1v) is 9.97. The average molecular weight is 385 g/mol. The van der Waals surface area contributed by atoms with Gasteiger partial charge in [0, 0.05) is 36.2 Å². The maximum atomic E-state index is 12.8. The molecule has 0 aliphatic carbocycles. The van der Waals surface area contributed by atoms with Gasteiger partial charge >= 0.3 is 0 Å². The Balaban J connectivity index is 1.76. The minimum Gasteiger partial charge on any atom is -0.376 e. The van der Waals surface area contributed by atoms with Crippen molar-refractivity contribution in [2.24, 2.45) is 0 Å². The van der Waals surface area contributed by atoms with Gasteiger partial charge in [0.1, 0.15) is 6.07 Å². The highest BCUT2D eigenvalue weighted by Gasteiger charge is 2.21. The molecule has 6 nitrogen and oxygen atoms in total. The molecule has 0 spiro atoms. The van der Waals surface area contributed by atoms with E-state index in [1.165, 1.54) is 17.8 Å². The molecule has 2 aromatic heterocycles. The number of Topliss-reactive ketones (excluding diaryl/α,β-unsaturated/α-hetero) is 1. The quantitative estimate of drug-likeness (QED) is 0.610. The summed E-state index contributed by atoms with van der Waals surface area (Å²) in [6.45, 7) is 7.25. The fourth-order valence-electron chi connectivity index (χ4n) is 3.48. The smallest absolute Gasteiger partial charge is 0.249 e. The highest BCUT2D eigenvalue weighted by molar-refractivity contribution is 8.00. The van der Waals surface area contributed by atoms with Crippen molar-refractivity contribution in [3.8, 4) is 6.07 Å². The summed E-state index contributed by atoms with van der Waals surface area (Å²) in [5.41, 5.74) is 3.43. The summed E-state index contributed by atoms with van der Waals surface area (Å²) in [6, 6.07) is 5.41. The number of ether oxygens (including phenoxy) is 1. The summed E-state index contributed by atoms with van der Waals surface area (Å²) >= 11 is 1.20. The Bertz CT molecular complexity index is 962. The number of hydrogen-bond acceptors (Lipinski definition) is 5. The number of aryl methyl sites for hydroxylation is 2. The second-order valence-electron chi connectivity index (χ2n) is 6.87. The molecule has 3 rings (SSSR count). The highest BCUT2D eigenvalue weighted by atomic mass is 32.2. The van der Waals surface area contributed by atoms with Crippen molar-refractivity contribution in [3.05, 3.63) is 50.6 Å². The third-order valence-electron chi connectivity index (χ3n) is 4.95. The molecular formula is C20H23N3O3S. The van der Waals surface area contributed by atoms with Gasteiger partial charge in [-0.1, -0.05) is 11.8 Å². The molecule has 1 N–H and O–H groups in total. The molecule has 1 unspecified atom stereocenters. The second kappa shape index (κ2) is 8.15. The van der Waals surface area contributed by atoms with Crippen LogP contribution in [0.25, 0.3) is 0 Å². The van der Waals surface area contributed by atoms with Gasteiger partial charge in [0.25, 0.3) is 0 Å². The van der Waals surface area contributed by atoms with Gasteiger partial charge in [-0.2, -0.15) is 5.26 Å². The molecule has 1 saturated heterocycles. The standard InChI is InChI=1S/C20H23N3O3S/c1-12-7-19(25)22-20(17(12)9-21)27-11-18(24)16-8-13(2)23(14(16)3)10-15-5-4-6-26-15/h7-8,15H,4-6,10-11H2,1-3H3,(H,22,25). The molecule has 1 aliphatic rings. The van der Waals surface area contributed by atoms with Crippen LogP contribution in [0.15, 0.2) is 22.0 Å². The molecule has 7 heteroatoms. The summed E-state index contributed by atoms with van der Waals surface area (Å²) in [6.07, 6.45) is 2.35. The first-order chi connectivity index (χ1) is 12.9. The number of carbonyl (C=O) groups excluding carboxylic acids is 1. The lowest BCUT2D eigenvalue weighted by atomic mass is 10.2. The minimum absolute atomic E-state index is 0.0158. The molecule has 1 atom stereocenters. The lowest BCUT2D eigenvalue weighted by Gasteiger charge is -2.14. The van der Waals surface area contributed by atoms with E-state index in [4.69, 9.17) is 4.74 Å². The van der Waals surface area contributed by atoms with Crippen LogP contribution in [0.3, 0.4) is 0 Å². The predicted octanol–water partition coefficient (Wildman–Crippen LogP) is 3.13. The predicted molar refractivity (Wildman–Crippen MR) is 104 cm³/mol. The van der Waals surface area contributed by atoms with Crippen molar-refractivity contribution < 1.29 is 9.53 Å². The molecule has 3 heterocycles. The second-order valence-corrected chi connectivity index (χ2v) is 7.86. The normalized spacial score (nSPS) is 16.4. The Morgan fingerprint density at radius 3 is 2.85 bits per heavy atom. The van der Waals surface area contributed by atoms with E-state index in [9.17, 15) is 14.9 Å². The van der Waals surface area contributed by atoms with Crippen molar-refractivity contribution in [2.75, 3.05) is 12.4 Å². The van der Waals surface area contributed by atoms with Gasteiger partial charge in [0.15, 0.2) is 5.78 Å². The third-order valence-corrected chi connectivity index (χ3v) is 5.95. The molecule has 1 fully saturated rings. The average Bonchev–Trinajstić information content (AvgIpc) is 3.23. The SMILES string of the molecule is Cc1cc(=O)[nH]c(SCC(=O)c2cc(C)n(CC3CCCO3)c2C)c1C#N. The first-order valence-electron chi connectivity index (χ1n) is 8.99. The molecule has 0 aromatic carbocycles. The zero-order chi connectivity index (χ0) is 19.6. The van der Waals surface area contributed by atoms with E-state index in [-0.39, 0.29) is 23.2 Å². The number of pyridine rings is 1. The topological polar surface area (TPSA) is 87.9 Å². The van der Waals surface area contributed by atoms with Crippen LogP contribution < -0.4 is 5.56 Å². The number of hydrogen-bond donors (Lipinski definition) is 1. The number of nitrogens with one attached hydrogen (secondary N) is 1. The number of thioether (sulfide) groups is 1. The molecule has 0 saturated carbocycles. The number of H-pyrrole nitrogens is 1. The number of carbonyl (C=O) groups is 1. The van der Waals surface area contributed by atoms with Gasteiger partial charge in [0.2, 0.25) is 5.56 Å². The molecule has 142 valence electrons. The summed E-state index contributed by atoms with van der Waals surface area (Å²) < 4.78 is 7.86. The number of aromatic nitrogens is 2. The number of ketones is 1. The molecule has 0 amide bonds. The summed E-state index contributed by atoms with van der Waals surface area (Å²) in [4.78, 5) is 27.1. The lowest BCUT2D eigenvalue weighted by molar-refractivity contribution is 0.0957. The number of nitrogens with zero attached hydrogens (tertiary/aromatic N) is 2. The van der Waals surface area contributed by atoms with Crippen molar-refractivity contribution >= 4 is 17.5 Å². The van der Waals surface area contributed by atoms with Gasteiger partial charge in [-0.3, -0.25) is 9.59 Å². The van der Waals surface area contributed by atoms with Crippen molar-refractivity contribution in [2.45, 2.75) is 51.3 Å². The lowest BCUT2D eigenvalue weighted by Crippen LogP contribution is -2.17. The Morgan fingerprint density at radius 2 is 2.19 bits per heavy atom. The number of aromatic amines is 1. The van der Waals surface area contributed by atoms with Crippen molar-refractivity contribution in [1.82, 2.24) is 9.55 Å². The Kier molecular flexibility index (Phi) is 5.88. The van der Waals surface area contributed by atoms with Crippen LogP contribution in [0.5, 0.6) is 0 Å². The van der Waals surface area contributed by atoms with Gasteiger partial charge in [-0.05, 0) is 45.2 Å². The fraction of sp³-hybridized carbons (Fsp3) is 0.450. The first kappa shape index (κ1) is 19.5. The van der Waals surface area contributed by atoms with Gasteiger partial charge in [-0.25, -0.2) is 0 Å². The molecule has 0 bridgehead atoms. The van der Waals surface area contributed by atoms with E-state index in [2.05, 4.69) is 15.6 Å². The summed E-state index contributed by atoms with van der Waals surface area (Å²) in [5.74, 6) is 0.149. The molecule has 1 aliphatic heterocycles. The third kappa shape index (κ3) is 4.18. The zero-order valence-corrected chi connectivity index (χ0v) is 16.6. The monoisotopic (exact) mass is 385 g/mol. The van der Waals surface area contributed by atoms with Crippen LogP contribution >= 0.6 is 11.8 Å². The van der Waals surface area contributed by atoms with E-state index < -0.39 is 0 Å². The number of nitriles is 1. The van der Waals surface area contributed by atoms with Crippen LogP contribution in [-0.2, 0) is 11.3 Å². The van der Waals surface area contributed by atoms with Crippen LogP contribution in [-0.4, -0.2) is 33.8 Å². The zero-order valence-electron chi connectivity index (χ0n) is 15.8. The van der Waals surface area contributed by atoms with Crippen LogP contribution in [0.1, 0.15) is 45.7 Å². The highest BCUT2D eigenvalue weighted by Crippen LogP contribution is 2.25. The van der Waals surface area contributed by atoms with Crippen LogP contribution in [0, 0.1) is 32.1 Å². The van der Waals surface area contributed by atoms with E-state index in [1.807, 2.05) is 19.9 Å². The fourth-order valence-corrected chi connectivity index (χ4v) is 4.43. The van der Waals surface area contributed by atoms with Crippen molar-refractivity contribution in [3.63, 3.8) is 0 Å². The van der Waals surface area contributed by atoms with Gasteiger partial charge in [0.05, 0.1) is 22.4 Å². The van der Waals surface area contributed by atoms with E-state index in [1.54, 1.807) is 6.92 Å². The molecule has 0 radical (unpaired) electrons. The van der Waals surface area contributed by atoms with Crippen LogP contribution in [0.2, 0.25) is 0 Å². The van der Waals surface area contributed by atoms with Gasteiger partial charge in [-0.15, -0.1) is 0 Å². The van der Waals surface area contributed by atoms with Crippen molar-refractivity contribution in [1.29, 1.82) is 5.26 Å². The van der Waals surface area contributed by atoms with E-state index in [0.29, 0.717) is 21.7 Å². The molecule has 2 aromatic rings. The van der Waals surface area contributed by atoms with Gasteiger partial charge < -0.3 is 14.3 Å². The van der Waals surface area contributed by atoms with E-state index >= 15 is 0 Å². The summed E-state index contributed by atoms with van der Waals surface area (Å²) in [7, 11) is 0. The largest absolute Gasteiger partial charge is 0.376 e.